The normalized spacial score (nSPS) is 18.7. The maximum absolute atomic E-state index is 4.48. The minimum absolute atomic E-state index is 0.740. The van der Waals surface area contributed by atoms with Crippen LogP contribution in [0.1, 0.15) is 30.9 Å². The fourth-order valence-corrected chi connectivity index (χ4v) is 3.34. The molecule has 5 nitrogen and oxygen atoms in total. The van der Waals surface area contributed by atoms with Crippen molar-refractivity contribution in [1.29, 1.82) is 0 Å². The number of hydrogen-bond donors (Lipinski definition) is 1. The predicted molar refractivity (Wildman–Crippen MR) is 97.9 cm³/mol. The van der Waals surface area contributed by atoms with Crippen LogP contribution in [0, 0.1) is 5.92 Å². The van der Waals surface area contributed by atoms with Crippen LogP contribution in [0.5, 0.6) is 0 Å². The van der Waals surface area contributed by atoms with Crippen LogP contribution < -0.4 is 5.32 Å². The van der Waals surface area contributed by atoms with E-state index >= 15 is 0 Å². The first kappa shape index (κ1) is 16.6. The van der Waals surface area contributed by atoms with Crippen molar-refractivity contribution in [3.8, 4) is 0 Å². The molecule has 0 amide bonds. The van der Waals surface area contributed by atoms with E-state index in [0.717, 1.165) is 38.1 Å². The first-order valence-corrected chi connectivity index (χ1v) is 8.76. The van der Waals surface area contributed by atoms with E-state index in [0.29, 0.717) is 0 Å². The zero-order chi connectivity index (χ0) is 16.8. The second-order valence-corrected chi connectivity index (χ2v) is 6.57. The quantitative estimate of drug-likeness (QED) is 0.694. The Labute approximate surface area is 144 Å². The Bertz CT molecular complexity index is 662. The lowest BCUT2D eigenvalue weighted by molar-refractivity contribution is 0.266. The molecule has 128 valence electrons. The summed E-state index contributed by atoms with van der Waals surface area (Å²) < 4.78 is 1.96. The smallest absolute Gasteiger partial charge is 0.193 e. The van der Waals surface area contributed by atoms with Crippen molar-refractivity contribution in [2.45, 2.75) is 32.9 Å². The third-order valence-corrected chi connectivity index (χ3v) is 4.62. The van der Waals surface area contributed by atoms with Gasteiger partial charge < -0.3 is 10.2 Å². The van der Waals surface area contributed by atoms with Crippen LogP contribution in [-0.4, -0.2) is 40.8 Å². The number of aromatic nitrogens is 2. The van der Waals surface area contributed by atoms with Crippen molar-refractivity contribution < 1.29 is 0 Å². The molecular weight excluding hydrogens is 298 g/mol. The van der Waals surface area contributed by atoms with Crippen molar-refractivity contribution in [1.82, 2.24) is 20.0 Å². The highest BCUT2D eigenvalue weighted by molar-refractivity contribution is 5.80. The summed E-state index contributed by atoms with van der Waals surface area (Å²) in [6.45, 7) is 6.09. The van der Waals surface area contributed by atoms with Crippen LogP contribution in [0.25, 0.3) is 0 Å². The van der Waals surface area contributed by atoms with Crippen molar-refractivity contribution in [2.24, 2.45) is 10.9 Å². The number of hydrogen-bond acceptors (Lipinski definition) is 2. The van der Waals surface area contributed by atoms with Gasteiger partial charge in [0.25, 0.3) is 0 Å². The van der Waals surface area contributed by atoms with E-state index in [1.165, 1.54) is 24.0 Å². The largest absolute Gasteiger partial charge is 0.352 e. The molecule has 1 aliphatic rings. The van der Waals surface area contributed by atoms with Gasteiger partial charge in [0.2, 0.25) is 0 Å². The van der Waals surface area contributed by atoms with Gasteiger partial charge in [-0.2, -0.15) is 5.10 Å². The van der Waals surface area contributed by atoms with Crippen LogP contribution in [0.15, 0.2) is 47.7 Å². The maximum Gasteiger partial charge on any atom is 0.193 e. The van der Waals surface area contributed by atoms with Gasteiger partial charge >= 0.3 is 0 Å². The molecule has 1 N–H and O–H groups in total. The molecule has 1 aromatic carbocycles. The Morgan fingerprint density at radius 1 is 1.29 bits per heavy atom. The van der Waals surface area contributed by atoms with Crippen LogP contribution in [0.2, 0.25) is 0 Å². The number of nitrogens with one attached hydrogen (secondary N) is 1. The molecule has 1 saturated heterocycles. The third kappa shape index (κ3) is 4.16. The fourth-order valence-electron chi connectivity index (χ4n) is 3.34. The third-order valence-electron chi connectivity index (χ3n) is 4.62. The average Bonchev–Trinajstić information content (AvgIpc) is 3.10. The highest BCUT2D eigenvalue weighted by atomic mass is 15.3. The lowest BCUT2D eigenvalue weighted by Crippen LogP contribution is -2.46. The number of likely N-dealkylation sites (tertiary alicyclic amines) is 1. The van der Waals surface area contributed by atoms with Crippen LogP contribution in [-0.2, 0) is 13.1 Å². The van der Waals surface area contributed by atoms with E-state index in [9.17, 15) is 0 Å². The van der Waals surface area contributed by atoms with Gasteiger partial charge in [0, 0.05) is 39.1 Å². The summed E-state index contributed by atoms with van der Waals surface area (Å²) in [7, 11) is 1.87. The SMILES string of the molecule is CN=C(NCc1ccccc1Cn1cccn1)N1CCCC(C)C1. The second kappa shape index (κ2) is 7.99. The monoisotopic (exact) mass is 325 g/mol. The lowest BCUT2D eigenvalue weighted by atomic mass is 10.0. The molecule has 1 aromatic heterocycles. The van der Waals surface area contributed by atoms with E-state index in [-0.39, 0.29) is 0 Å². The van der Waals surface area contributed by atoms with Crippen molar-refractivity contribution in [3.05, 3.63) is 53.9 Å². The molecular formula is C19H27N5. The van der Waals surface area contributed by atoms with Gasteiger partial charge in [-0.3, -0.25) is 9.67 Å². The molecule has 0 aliphatic carbocycles. The standard InChI is InChI=1S/C19H27N5/c1-16-7-5-11-23(14-16)19(20-2)21-13-17-8-3-4-9-18(17)15-24-12-6-10-22-24/h3-4,6,8-10,12,16H,5,7,11,13-15H2,1-2H3,(H,20,21). The topological polar surface area (TPSA) is 45.5 Å². The van der Waals surface area contributed by atoms with Crippen LogP contribution >= 0.6 is 0 Å². The van der Waals surface area contributed by atoms with E-state index < -0.39 is 0 Å². The van der Waals surface area contributed by atoms with Gasteiger partial charge in [0.1, 0.15) is 0 Å². The van der Waals surface area contributed by atoms with Gasteiger partial charge in [-0.1, -0.05) is 31.2 Å². The lowest BCUT2D eigenvalue weighted by Gasteiger charge is -2.33. The summed E-state index contributed by atoms with van der Waals surface area (Å²) in [6, 6.07) is 10.5. The average molecular weight is 325 g/mol. The number of nitrogens with zero attached hydrogens (tertiary/aromatic N) is 4. The Hall–Kier alpha value is -2.30. The summed E-state index contributed by atoms with van der Waals surface area (Å²) >= 11 is 0. The van der Waals surface area contributed by atoms with Crippen molar-refractivity contribution in [3.63, 3.8) is 0 Å². The van der Waals surface area contributed by atoms with E-state index in [1.54, 1.807) is 0 Å². The highest BCUT2D eigenvalue weighted by Crippen LogP contribution is 2.16. The Balaban J connectivity index is 1.65. The minimum Gasteiger partial charge on any atom is -0.352 e. The summed E-state index contributed by atoms with van der Waals surface area (Å²) in [5, 5.41) is 7.85. The first-order valence-electron chi connectivity index (χ1n) is 8.76. The number of aliphatic imine (C=N–C) groups is 1. The number of benzene rings is 1. The Kier molecular flexibility index (Phi) is 5.51. The minimum atomic E-state index is 0.740. The predicted octanol–water partition coefficient (Wildman–Crippen LogP) is 2.74. The molecule has 2 aromatic rings. The second-order valence-electron chi connectivity index (χ2n) is 6.57. The molecule has 2 heterocycles. The van der Waals surface area contributed by atoms with Gasteiger partial charge in [-0.05, 0) is 36.0 Å². The molecule has 1 unspecified atom stereocenters. The van der Waals surface area contributed by atoms with E-state index in [4.69, 9.17) is 0 Å². The molecule has 0 bridgehead atoms. The van der Waals surface area contributed by atoms with Crippen molar-refractivity contribution in [2.75, 3.05) is 20.1 Å². The Morgan fingerprint density at radius 2 is 2.12 bits per heavy atom. The van der Waals surface area contributed by atoms with Crippen LogP contribution in [0.4, 0.5) is 0 Å². The number of guanidine groups is 1. The van der Waals surface area contributed by atoms with Gasteiger partial charge in [0.05, 0.1) is 6.54 Å². The summed E-state index contributed by atoms with van der Waals surface area (Å²) in [6.07, 6.45) is 6.39. The zero-order valence-corrected chi connectivity index (χ0v) is 14.7. The first-order chi connectivity index (χ1) is 11.8. The molecule has 1 atom stereocenters. The molecule has 1 fully saturated rings. The molecule has 24 heavy (non-hydrogen) atoms. The zero-order valence-electron chi connectivity index (χ0n) is 14.7. The Morgan fingerprint density at radius 3 is 2.83 bits per heavy atom. The van der Waals surface area contributed by atoms with Gasteiger partial charge in [-0.25, -0.2) is 0 Å². The summed E-state index contributed by atoms with van der Waals surface area (Å²) in [5.41, 5.74) is 2.58. The van der Waals surface area contributed by atoms with E-state index in [2.05, 4.69) is 51.5 Å². The van der Waals surface area contributed by atoms with Crippen molar-refractivity contribution >= 4 is 5.96 Å². The highest BCUT2D eigenvalue weighted by Gasteiger charge is 2.19. The summed E-state index contributed by atoms with van der Waals surface area (Å²) in [5.74, 6) is 1.75. The molecule has 1 aliphatic heterocycles. The molecule has 0 saturated carbocycles. The molecule has 3 rings (SSSR count). The molecule has 0 spiro atoms. The number of rotatable bonds is 4. The maximum atomic E-state index is 4.48. The summed E-state index contributed by atoms with van der Waals surface area (Å²) in [4.78, 5) is 6.86. The van der Waals surface area contributed by atoms with Crippen LogP contribution in [0.3, 0.4) is 0 Å². The fraction of sp³-hybridized carbons (Fsp3) is 0.474. The van der Waals surface area contributed by atoms with E-state index in [1.807, 2.05) is 30.2 Å². The molecule has 5 heteroatoms. The number of piperidine rings is 1. The van der Waals surface area contributed by atoms with Gasteiger partial charge in [-0.15, -0.1) is 0 Å². The molecule has 0 radical (unpaired) electrons. The van der Waals surface area contributed by atoms with Gasteiger partial charge in [0.15, 0.2) is 5.96 Å².